The molecule has 0 saturated carbocycles. The maximum atomic E-state index is 13.5. The van der Waals surface area contributed by atoms with Gasteiger partial charge in [0.15, 0.2) is 11.5 Å². The van der Waals surface area contributed by atoms with Crippen LogP contribution >= 0.6 is 11.6 Å². The van der Waals surface area contributed by atoms with Crippen molar-refractivity contribution in [2.24, 2.45) is 5.10 Å². The molecule has 3 amide bonds. The van der Waals surface area contributed by atoms with Crippen molar-refractivity contribution in [1.29, 1.82) is 0 Å². The van der Waals surface area contributed by atoms with E-state index in [0.717, 1.165) is 24.1 Å². The van der Waals surface area contributed by atoms with Crippen LogP contribution in [0.3, 0.4) is 0 Å². The Bertz CT molecular complexity index is 1720. The van der Waals surface area contributed by atoms with Crippen LogP contribution in [0, 0.1) is 0 Å². The lowest BCUT2D eigenvalue weighted by molar-refractivity contribution is 0.0751. The van der Waals surface area contributed by atoms with Crippen molar-refractivity contribution in [2.75, 3.05) is 30.9 Å². The number of nitrogens with zero attached hydrogens (tertiary/aromatic N) is 2. The minimum Gasteiger partial charge on any atom is -0.493 e. The predicted molar refractivity (Wildman–Crippen MR) is 171 cm³/mol. The minimum absolute atomic E-state index is 0.274. The molecule has 0 aromatic heterocycles. The van der Waals surface area contributed by atoms with Crippen molar-refractivity contribution in [3.05, 3.63) is 118 Å². The van der Waals surface area contributed by atoms with Crippen LogP contribution < -0.4 is 20.1 Å². The number of amides is 3. The van der Waals surface area contributed by atoms with Crippen molar-refractivity contribution in [3.63, 3.8) is 0 Å². The predicted octanol–water partition coefficient (Wildman–Crippen LogP) is 6.89. The molecule has 0 radical (unpaired) electrons. The van der Waals surface area contributed by atoms with Gasteiger partial charge in [0.25, 0.3) is 17.7 Å². The monoisotopic (exact) mass is 610 g/mol. The summed E-state index contributed by atoms with van der Waals surface area (Å²) in [6.45, 7) is 2.88. The number of benzene rings is 4. The standard InChI is InChI=1S/C34H31ClN4O5/c1-3-44-31-21-23(14-17-30(31)43-2)29-11-6-18-39(38-29)34(42)25-8-5-10-28(20-25)37-33(41)24-7-4-9-27(19-24)36-32(40)22-12-15-26(35)16-13-22/h4-5,7-10,12-17,19-21H,3,6,11,18H2,1-2H3,(H,36,40)(H,37,41). The number of hydrazone groups is 1. The molecule has 44 heavy (non-hydrogen) atoms. The van der Waals surface area contributed by atoms with Crippen LogP contribution in [-0.4, -0.2) is 48.7 Å². The van der Waals surface area contributed by atoms with Gasteiger partial charge in [-0.15, -0.1) is 0 Å². The molecular formula is C34H31ClN4O5. The quantitative estimate of drug-likeness (QED) is 0.214. The van der Waals surface area contributed by atoms with E-state index in [1.807, 2.05) is 25.1 Å². The Hall–Kier alpha value is -5.15. The number of anilines is 2. The fourth-order valence-electron chi connectivity index (χ4n) is 4.74. The molecule has 4 aromatic carbocycles. The molecule has 0 spiro atoms. The van der Waals surface area contributed by atoms with Gasteiger partial charge in [0.05, 0.1) is 19.4 Å². The molecule has 224 valence electrons. The summed E-state index contributed by atoms with van der Waals surface area (Å²) in [6.07, 6.45) is 1.47. The minimum atomic E-state index is -0.389. The van der Waals surface area contributed by atoms with Gasteiger partial charge in [0.1, 0.15) is 0 Å². The van der Waals surface area contributed by atoms with Crippen LogP contribution in [0.25, 0.3) is 0 Å². The highest BCUT2D eigenvalue weighted by Crippen LogP contribution is 2.30. The first-order chi connectivity index (χ1) is 21.3. The molecule has 5 rings (SSSR count). The molecule has 10 heteroatoms. The molecule has 9 nitrogen and oxygen atoms in total. The lowest BCUT2D eigenvalue weighted by Crippen LogP contribution is -2.32. The highest BCUT2D eigenvalue weighted by atomic mass is 35.5. The zero-order valence-corrected chi connectivity index (χ0v) is 25.1. The number of nitrogens with one attached hydrogen (secondary N) is 2. The van der Waals surface area contributed by atoms with Crippen LogP contribution in [0.1, 0.15) is 56.4 Å². The van der Waals surface area contributed by atoms with Gasteiger partial charge in [-0.1, -0.05) is 23.7 Å². The molecule has 4 aromatic rings. The molecule has 0 unspecified atom stereocenters. The molecule has 2 N–H and O–H groups in total. The summed E-state index contributed by atoms with van der Waals surface area (Å²) in [7, 11) is 1.59. The summed E-state index contributed by atoms with van der Waals surface area (Å²) in [5.41, 5.74) is 3.73. The number of carbonyl (C=O) groups is 3. The SMILES string of the molecule is CCOc1cc(C2=NN(C(=O)c3cccc(NC(=O)c4cccc(NC(=O)c5ccc(Cl)cc5)c4)c3)CCC2)ccc1OC. The van der Waals surface area contributed by atoms with Crippen molar-refractivity contribution in [2.45, 2.75) is 19.8 Å². The Kier molecular flexibility index (Phi) is 9.56. The fraction of sp³-hybridized carbons (Fsp3) is 0.176. The summed E-state index contributed by atoms with van der Waals surface area (Å²) in [5.74, 6) is 0.268. The Labute approximate surface area is 260 Å². The van der Waals surface area contributed by atoms with Crippen molar-refractivity contribution >= 4 is 46.4 Å². The first-order valence-corrected chi connectivity index (χ1v) is 14.5. The molecule has 0 aliphatic carbocycles. The Balaban J connectivity index is 1.27. The first kappa shape index (κ1) is 30.3. The zero-order valence-electron chi connectivity index (χ0n) is 24.3. The van der Waals surface area contributed by atoms with E-state index in [1.165, 1.54) is 5.01 Å². The molecule has 1 heterocycles. The summed E-state index contributed by atoms with van der Waals surface area (Å²) < 4.78 is 11.1. The van der Waals surface area contributed by atoms with E-state index in [1.54, 1.807) is 79.9 Å². The molecule has 1 aliphatic rings. The average molecular weight is 611 g/mol. The summed E-state index contributed by atoms with van der Waals surface area (Å²) >= 11 is 5.91. The van der Waals surface area contributed by atoms with E-state index < -0.39 is 0 Å². The van der Waals surface area contributed by atoms with Crippen LogP contribution in [0.2, 0.25) is 5.02 Å². The number of ether oxygens (including phenoxy) is 2. The lowest BCUT2D eigenvalue weighted by atomic mass is 10.0. The van der Waals surface area contributed by atoms with Crippen molar-refractivity contribution < 1.29 is 23.9 Å². The lowest BCUT2D eigenvalue weighted by Gasteiger charge is -2.24. The third-order valence-corrected chi connectivity index (χ3v) is 7.16. The van der Waals surface area contributed by atoms with Gasteiger partial charge in [-0.3, -0.25) is 14.4 Å². The van der Waals surface area contributed by atoms with E-state index in [2.05, 4.69) is 15.7 Å². The van der Waals surface area contributed by atoms with E-state index >= 15 is 0 Å². The van der Waals surface area contributed by atoms with Crippen LogP contribution in [-0.2, 0) is 0 Å². The number of rotatable bonds is 9. The number of methoxy groups -OCH3 is 1. The largest absolute Gasteiger partial charge is 0.493 e. The number of carbonyl (C=O) groups excluding carboxylic acids is 3. The maximum absolute atomic E-state index is 13.5. The fourth-order valence-corrected chi connectivity index (χ4v) is 4.87. The van der Waals surface area contributed by atoms with Gasteiger partial charge in [-0.25, -0.2) is 5.01 Å². The second kappa shape index (κ2) is 13.9. The van der Waals surface area contributed by atoms with Gasteiger partial charge in [0, 0.05) is 45.2 Å². The van der Waals surface area contributed by atoms with Gasteiger partial charge in [-0.05, 0) is 98.6 Å². The molecular weight excluding hydrogens is 580 g/mol. The van der Waals surface area contributed by atoms with Gasteiger partial charge in [0.2, 0.25) is 0 Å². The zero-order chi connectivity index (χ0) is 31.1. The molecule has 0 saturated heterocycles. The van der Waals surface area contributed by atoms with Crippen LogP contribution in [0.15, 0.2) is 96.1 Å². The Morgan fingerprint density at radius 2 is 1.48 bits per heavy atom. The van der Waals surface area contributed by atoms with E-state index in [9.17, 15) is 14.4 Å². The molecule has 1 aliphatic heterocycles. The van der Waals surface area contributed by atoms with Gasteiger partial charge >= 0.3 is 0 Å². The maximum Gasteiger partial charge on any atom is 0.274 e. The highest BCUT2D eigenvalue weighted by Gasteiger charge is 2.22. The third-order valence-electron chi connectivity index (χ3n) is 6.91. The van der Waals surface area contributed by atoms with Gasteiger partial charge in [-0.2, -0.15) is 5.10 Å². The average Bonchev–Trinajstić information content (AvgIpc) is 3.05. The molecule has 0 atom stereocenters. The van der Waals surface area contributed by atoms with Crippen LogP contribution in [0.5, 0.6) is 11.5 Å². The second-order valence-electron chi connectivity index (χ2n) is 9.95. The third kappa shape index (κ3) is 7.25. The topological polar surface area (TPSA) is 109 Å². The number of halogens is 1. The van der Waals surface area contributed by atoms with E-state index in [4.69, 9.17) is 21.1 Å². The number of hydrogen-bond acceptors (Lipinski definition) is 6. The first-order valence-electron chi connectivity index (χ1n) is 14.1. The molecule has 0 fully saturated rings. The highest BCUT2D eigenvalue weighted by molar-refractivity contribution is 6.30. The van der Waals surface area contributed by atoms with E-state index in [-0.39, 0.29) is 17.7 Å². The van der Waals surface area contributed by atoms with Crippen LogP contribution in [0.4, 0.5) is 11.4 Å². The van der Waals surface area contributed by atoms with E-state index in [0.29, 0.717) is 57.7 Å². The normalized spacial score (nSPS) is 12.6. The molecule has 0 bridgehead atoms. The van der Waals surface area contributed by atoms with Crippen molar-refractivity contribution in [3.8, 4) is 11.5 Å². The summed E-state index contributed by atoms with van der Waals surface area (Å²) in [4.78, 5) is 39.1. The Morgan fingerprint density at radius 3 is 2.16 bits per heavy atom. The smallest absolute Gasteiger partial charge is 0.274 e. The van der Waals surface area contributed by atoms with Gasteiger partial charge < -0.3 is 20.1 Å². The number of hydrogen-bond donors (Lipinski definition) is 2. The summed E-state index contributed by atoms with van der Waals surface area (Å²) in [6, 6.07) is 25.4. The summed E-state index contributed by atoms with van der Waals surface area (Å²) in [5, 5.41) is 12.3. The Morgan fingerprint density at radius 1 is 0.818 bits per heavy atom. The second-order valence-corrected chi connectivity index (χ2v) is 10.4. The van der Waals surface area contributed by atoms with Crippen molar-refractivity contribution in [1.82, 2.24) is 5.01 Å².